The second-order valence-electron chi connectivity index (χ2n) is 7.15. The molecule has 0 saturated carbocycles. The molecule has 0 saturated heterocycles. The molecule has 0 N–H and O–H groups in total. The highest BCUT2D eigenvalue weighted by molar-refractivity contribution is 6.32. The van der Waals surface area contributed by atoms with Gasteiger partial charge in [-0.05, 0) is 54.1 Å². The van der Waals surface area contributed by atoms with Crippen LogP contribution in [0.25, 0.3) is 10.8 Å². The van der Waals surface area contributed by atoms with E-state index < -0.39 is 40.2 Å². The maximum absolute atomic E-state index is 14.3. The van der Waals surface area contributed by atoms with Gasteiger partial charge in [-0.1, -0.05) is 28.9 Å². The number of nitrogens with zero attached hydrogens (tertiary/aromatic N) is 1. The van der Waals surface area contributed by atoms with Crippen LogP contribution < -0.4 is 9.47 Å². The minimum atomic E-state index is -4.75. The van der Waals surface area contributed by atoms with Gasteiger partial charge in [0.25, 0.3) is 0 Å². The van der Waals surface area contributed by atoms with Crippen LogP contribution in [0, 0.1) is 11.7 Å². The normalized spacial score (nSPS) is 12.5. The van der Waals surface area contributed by atoms with Crippen LogP contribution in [0.1, 0.15) is 12.5 Å². The number of fused-ring (bicyclic) bond motifs is 1. The summed E-state index contributed by atoms with van der Waals surface area (Å²) in [6.07, 6.45) is -3.47. The minimum Gasteiger partial charge on any atom is -0.492 e. The fourth-order valence-electron chi connectivity index (χ4n) is 3.04. The molecule has 0 aliphatic rings. The average molecular weight is 514 g/mol. The fraction of sp³-hybridized carbons (Fsp3) is 0.250. The summed E-state index contributed by atoms with van der Waals surface area (Å²) in [5, 5.41) is 4.49. The first kappa shape index (κ1) is 26.1. The third-order valence-electron chi connectivity index (χ3n) is 4.69. The van der Waals surface area contributed by atoms with Gasteiger partial charge in [-0.25, -0.2) is 4.39 Å². The molecule has 0 bridgehead atoms. The minimum absolute atomic E-state index is 0.0697. The number of alkyl halides is 3. The van der Waals surface area contributed by atoms with Gasteiger partial charge in [0.1, 0.15) is 31.1 Å². The largest absolute Gasteiger partial charge is 0.492 e. The van der Waals surface area contributed by atoms with Crippen molar-refractivity contribution in [3.63, 3.8) is 0 Å². The van der Waals surface area contributed by atoms with E-state index in [1.54, 1.807) is 37.3 Å². The Bertz CT molecular complexity index is 1210. The van der Waals surface area contributed by atoms with E-state index >= 15 is 0 Å². The van der Waals surface area contributed by atoms with Crippen molar-refractivity contribution in [2.45, 2.75) is 13.1 Å². The van der Waals surface area contributed by atoms with Crippen molar-refractivity contribution in [1.82, 2.24) is 0 Å². The van der Waals surface area contributed by atoms with E-state index in [1.165, 1.54) is 19.4 Å². The summed E-state index contributed by atoms with van der Waals surface area (Å²) < 4.78 is 69.0. The number of hydrogen-bond donors (Lipinski definition) is 0. The Balaban J connectivity index is 1.81. The average Bonchev–Trinajstić information content (AvgIpc) is 2.80. The zero-order chi connectivity index (χ0) is 25.6. The first-order chi connectivity index (χ1) is 16.6. The molecule has 3 aromatic rings. The van der Waals surface area contributed by atoms with E-state index in [2.05, 4.69) is 9.99 Å². The first-order valence-electron chi connectivity index (χ1n) is 10.3. The van der Waals surface area contributed by atoms with Gasteiger partial charge in [-0.2, -0.15) is 13.2 Å². The van der Waals surface area contributed by atoms with Gasteiger partial charge in [0.2, 0.25) is 0 Å². The predicted octanol–water partition coefficient (Wildman–Crippen LogP) is 6.63. The summed E-state index contributed by atoms with van der Waals surface area (Å²) in [6, 6.07) is 10.8. The Morgan fingerprint density at radius 1 is 1.09 bits per heavy atom. The van der Waals surface area contributed by atoms with Crippen LogP contribution in [0.15, 0.2) is 53.7 Å². The summed E-state index contributed by atoms with van der Waals surface area (Å²) in [6.45, 7) is 1.80. The Morgan fingerprint density at radius 3 is 2.40 bits per heavy atom. The second-order valence-corrected chi connectivity index (χ2v) is 7.55. The molecule has 6 nitrogen and oxygen atoms in total. The predicted molar refractivity (Wildman–Crippen MR) is 122 cm³/mol. The monoisotopic (exact) mass is 513 g/mol. The molecule has 1 atom stereocenters. The smallest absolute Gasteiger partial charge is 0.416 e. The number of esters is 1. The number of carbonyl (C=O) groups is 1. The zero-order valence-electron chi connectivity index (χ0n) is 18.6. The van der Waals surface area contributed by atoms with Crippen molar-refractivity contribution < 1.29 is 41.4 Å². The van der Waals surface area contributed by atoms with Gasteiger partial charge in [0.15, 0.2) is 11.6 Å². The van der Waals surface area contributed by atoms with Crippen LogP contribution in [-0.4, -0.2) is 32.5 Å². The number of benzene rings is 3. The third kappa shape index (κ3) is 6.75. The maximum Gasteiger partial charge on any atom is 0.416 e. The second kappa shape index (κ2) is 11.3. The van der Waals surface area contributed by atoms with Gasteiger partial charge in [-0.15, -0.1) is 0 Å². The van der Waals surface area contributed by atoms with E-state index in [-0.39, 0.29) is 19.0 Å². The van der Waals surface area contributed by atoms with Gasteiger partial charge in [0, 0.05) is 0 Å². The molecule has 3 aromatic carbocycles. The molecule has 0 aromatic heterocycles. The lowest BCUT2D eigenvalue weighted by atomic mass is 10.1. The van der Waals surface area contributed by atoms with Crippen LogP contribution in [0.3, 0.4) is 0 Å². The lowest BCUT2D eigenvalue weighted by Gasteiger charge is -2.14. The molecular formula is C24H20ClF4NO5. The Morgan fingerprint density at radius 2 is 1.77 bits per heavy atom. The van der Waals surface area contributed by atoms with Crippen LogP contribution in [-0.2, 0) is 20.5 Å². The molecule has 35 heavy (non-hydrogen) atoms. The number of carbonyl (C=O) groups excluding carboxylic acids is 1. The lowest BCUT2D eigenvalue weighted by molar-refractivity contribution is -0.146. The Kier molecular flexibility index (Phi) is 8.39. The molecular weight excluding hydrogens is 494 g/mol. The van der Waals surface area contributed by atoms with Gasteiger partial charge in [-0.3, -0.25) is 4.79 Å². The van der Waals surface area contributed by atoms with Gasteiger partial charge >= 0.3 is 12.1 Å². The number of halogens is 5. The zero-order valence-corrected chi connectivity index (χ0v) is 19.3. The van der Waals surface area contributed by atoms with Crippen LogP contribution in [0.5, 0.6) is 17.2 Å². The van der Waals surface area contributed by atoms with Crippen LogP contribution >= 0.6 is 11.6 Å². The standard InChI is InChI=1S/C24H20ClF4NO5/c1-3-33-23(31)16(12-30-32-2)13-34-18-6-4-14-5-7-19(9-15(14)8-18)35-22-20(25)10-17(11-21(22)26)24(27,28)29/h4-12,16H,3,13H2,1-2H3. The molecule has 186 valence electrons. The summed E-state index contributed by atoms with van der Waals surface area (Å²) in [5.41, 5.74) is -1.22. The van der Waals surface area contributed by atoms with Crippen molar-refractivity contribution in [3.05, 3.63) is 64.9 Å². The number of ether oxygens (including phenoxy) is 3. The Hall–Kier alpha value is -3.53. The quantitative estimate of drug-likeness (QED) is 0.139. The highest BCUT2D eigenvalue weighted by Crippen LogP contribution is 2.39. The molecule has 0 radical (unpaired) electrons. The summed E-state index contributed by atoms with van der Waals surface area (Å²) in [7, 11) is 1.34. The van der Waals surface area contributed by atoms with Crippen molar-refractivity contribution in [3.8, 4) is 17.2 Å². The topological polar surface area (TPSA) is 66.4 Å². The van der Waals surface area contributed by atoms with Gasteiger partial charge in [0.05, 0.1) is 23.4 Å². The molecule has 0 amide bonds. The number of rotatable bonds is 9. The van der Waals surface area contributed by atoms with Gasteiger partial charge < -0.3 is 19.0 Å². The molecule has 0 aliphatic heterocycles. The van der Waals surface area contributed by atoms with Crippen LogP contribution in [0.4, 0.5) is 17.6 Å². The molecule has 1 unspecified atom stereocenters. The molecule has 0 heterocycles. The molecule has 3 rings (SSSR count). The summed E-state index contributed by atoms with van der Waals surface area (Å²) in [4.78, 5) is 16.7. The maximum atomic E-state index is 14.3. The van der Waals surface area contributed by atoms with Crippen molar-refractivity contribution in [2.75, 3.05) is 20.3 Å². The highest BCUT2D eigenvalue weighted by atomic mass is 35.5. The lowest BCUT2D eigenvalue weighted by Crippen LogP contribution is -2.25. The number of oxime groups is 1. The van der Waals surface area contributed by atoms with Crippen molar-refractivity contribution >= 4 is 34.6 Å². The molecule has 0 spiro atoms. The first-order valence-corrected chi connectivity index (χ1v) is 10.6. The Labute approximate surface area is 203 Å². The molecule has 11 heteroatoms. The fourth-order valence-corrected chi connectivity index (χ4v) is 3.28. The van der Waals surface area contributed by atoms with Crippen LogP contribution in [0.2, 0.25) is 5.02 Å². The van der Waals surface area contributed by atoms with E-state index in [1.807, 2.05) is 0 Å². The highest BCUT2D eigenvalue weighted by Gasteiger charge is 2.32. The number of hydrogen-bond acceptors (Lipinski definition) is 6. The summed E-state index contributed by atoms with van der Waals surface area (Å²) in [5.74, 6) is -2.54. The third-order valence-corrected chi connectivity index (χ3v) is 4.97. The van der Waals surface area contributed by atoms with Crippen molar-refractivity contribution in [1.29, 1.82) is 0 Å². The van der Waals surface area contributed by atoms with E-state index in [4.69, 9.17) is 25.8 Å². The van der Waals surface area contributed by atoms with E-state index in [9.17, 15) is 22.4 Å². The van der Waals surface area contributed by atoms with E-state index in [0.717, 1.165) is 5.39 Å². The summed E-state index contributed by atoms with van der Waals surface area (Å²) >= 11 is 5.85. The molecule has 0 aliphatic carbocycles. The van der Waals surface area contributed by atoms with E-state index in [0.29, 0.717) is 23.3 Å². The SMILES string of the molecule is CCOC(=O)C(C=NOC)COc1ccc2ccc(Oc3c(F)cc(C(F)(F)F)cc3Cl)cc2c1. The van der Waals surface area contributed by atoms with Crippen molar-refractivity contribution in [2.24, 2.45) is 11.1 Å². The molecule has 0 fully saturated rings.